The number of nitrogens with one attached hydrogen (secondary N) is 2. The highest BCUT2D eigenvalue weighted by Crippen LogP contribution is 2.29. The molecule has 0 spiro atoms. The summed E-state index contributed by atoms with van der Waals surface area (Å²) in [7, 11) is 0. The minimum Gasteiger partial charge on any atom is -0.396 e. The Hall–Kier alpha value is -1.47. The SMILES string of the molecule is NNc1ncc(F)c(NCC2CCCCC2CO)n1. The average Bonchev–Trinajstić information content (AvgIpc) is 2.46. The quantitative estimate of drug-likeness (QED) is 0.472. The molecule has 1 aliphatic rings. The highest BCUT2D eigenvalue weighted by molar-refractivity contribution is 5.40. The summed E-state index contributed by atoms with van der Waals surface area (Å²) in [6.07, 6.45) is 5.47. The minimum absolute atomic E-state index is 0.144. The van der Waals surface area contributed by atoms with Crippen LogP contribution in [-0.2, 0) is 0 Å². The molecule has 1 fully saturated rings. The van der Waals surface area contributed by atoms with Gasteiger partial charge in [-0.15, -0.1) is 0 Å². The molecule has 2 unspecified atom stereocenters. The predicted octanol–water partition coefficient (Wildman–Crippen LogP) is 1.11. The van der Waals surface area contributed by atoms with Gasteiger partial charge in [0.05, 0.1) is 6.20 Å². The Morgan fingerprint density at radius 2 is 2.11 bits per heavy atom. The normalized spacial score (nSPS) is 23.1. The van der Waals surface area contributed by atoms with Crippen molar-refractivity contribution in [3.8, 4) is 0 Å². The summed E-state index contributed by atoms with van der Waals surface area (Å²) in [5.41, 5.74) is 2.28. The Labute approximate surface area is 111 Å². The maximum absolute atomic E-state index is 13.5. The predicted molar refractivity (Wildman–Crippen MR) is 70.8 cm³/mol. The first-order chi connectivity index (χ1) is 9.24. The van der Waals surface area contributed by atoms with Crippen molar-refractivity contribution < 1.29 is 9.50 Å². The Kier molecular flexibility index (Phi) is 4.86. The van der Waals surface area contributed by atoms with E-state index in [2.05, 4.69) is 20.7 Å². The topological polar surface area (TPSA) is 96.1 Å². The Bertz CT molecular complexity index is 417. The fourth-order valence-corrected chi connectivity index (χ4v) is 2.58. The Morgan fingerprint density at radius 3 is 2.79 bits per heavy atom. The lowest BCUT2D eigenvalue weighted by atomic mass is 9.79. The molecule has 1 heterocycles. The van der Waals surface area contributed by atoms with Crippen LogP contribution < -0.4 is 16.6 Å². The summed E-state index contributed by atoms with van der Waals surface area (Å²) in [5, 5.41) is 12.3. The number of rotatable bonds is 5. The third-order valence-corrected chi connectivity index (χ3v) is 3.71. The number of hydrogen-bond acceptors (Lipinski definition) is 6. The maximum atomic E-state index is 13.5. The highest BCUT2D eigenvalue weighted by Gasteiger charge is 2.24. The molecular formula is C12H20FN5O. The van der Waals surface area contributed by atoms with E-state index in [0.29, 0.717) is 18.4 Å². The maximum Gasteiger partial charge on any atom is 0.239 e. The second kappa shape index (κ2) is 6.63. The third-order valence-electron chi connectivity index (χ3n) is 3.71. The number of aliphatic hydroxyl groups is 1. The minimum atomic E-state index is -0.504. The van der Waals surface area contributed by atoms with E-state index < -0.39 is 5.82 Å². The second-order valence-corrected chi connectivity index (χ2v) is 4.90. The molecule has 0 aliphatic heterocycles. The van der Waals surface area contributed by atoms with Crippen molar-refractivity contribution in [2.45, 2.75) is 25.7 Å². The van der Waals surface area contributed by atoms with Crippen molar-refractivity contribution in [1.29, 1.82) is 0 Å². The number of halogens is 1. The van der Waals surface area contributed by atoms with E-state index in [1.165, 1.54) is 0 Å². The molecule has 0 amide bonds. The second-order valence-electron chi connectivity index (χ2n) is 4.90. The third kappa shape index (κ3) is 3.51. The monoisotopic (exact) mass is 269 g/mol. The molecular weight excluding hydrogens is 249 g/mol. The van der Waals surface area contributed by atoms with Crippen LogP contribution in [0.3, 0.4) is 0 Å². The van der Waals surface area contributed by atoms with Crippen molar-refractivity contribution in [2.75, 3.05) is 23.9 Å². The van der Waals surface area contributed by atoms with Gasteiger partial charge in [-0.05, 0) is 24.7 Å². The molecule has 19 heavy (non-hydrogen) atoms. The molecule has 0 saturated heterocycles. The molecule has 1 aromatic rings. The van der Waals surface area contributed by atoms with Crippen LogP contribution in [0.25, 0.3) is 0 Å². The van der Waals surface area contributed by atoms with Gasteiger partial charge in [0.1, 0.15) is 0 Å². The van der Waals surface area contributed by atoms with E-state index in [9.17, 15) is 9.50 Å². The average molecular weight is 269 g/mol. The number of hydrazine groups is 1. The number of nitrogen functional groups attached to an aromatic ring is 1. The van der Waals surface area contributed by atoms with Crippen LogP contribution >= 0.6 is 0 Å². The van der Waals surface area contributed by atoms with Gasteiger partial charge >= 0.3 is 0 Å². The van der Waals surface area contributed by atoms with Crippen LogP contribution in [0, 0.1) is 17.7 Å². The van der Waals surface area contributed by atoms with Gasteiger partial charge in [-0.25, -0.2) is 15.2 Å². The molecule has 0 aromatic carbocycles. The van der Waals surface area contributed by atoms with Gasteiger partial charge in [0, 0.05) is 13.2 Å². The fourth-order valence-electron chi connectivity index (χ4n) is 2.58. The molecule has 1 saturated carbocycles. The van der Waals surface area contributed by atoms with Crippen molar-refractivity contribution in [2.24, 2.45) is 17.7 Å². The van der Waals surface area contributed by atoms with E-state index in [1.807, 2.05) is 0 Å². The smallest absolute Gasteiger partial charge is 0.239 e. The Balaban J connectivity index is 1.97. The molecule has 7 heteroatoms. The van der Waals surface area contributed by atoms with Crippen molar-refractivity contribution in [3.05, 3.63) is 12.0 Å². The molecule has 0 radical (unpaired) electrons. The van der Waals surface area contributed by atoms with Crippen LogP contribution in [0.15, 0.2) is 6.20 Å². The molecule has 6 nitrogen and oxygen atoms in total. The van der Waals surface area contributed by atoms with Gasteiger partial charge in [0.15, 0.2) is 11.6 Å². The van der Waals surface area contributed by atoms with Gasteiger partial charge in [0.2, 0.25) is 5.95 Å². The first kappa shape index (κ1) is 14.0. The van der Waals surface area contributed by atoms with E-state index in [1.54, 1.807) is 0 Å². The summed E-state index contributed by atoms with van der Waals surface area (Å²) in [6, 6.07) is 0. The van der Waals surface area contributed by atoms with E-state index >= 15 is 0 Å². The number of hydrogen-bond donors (Lipinski definition) is 4. The van der Waals surface area contributed by atoms with Crippen LogP contribution in [0.1, 0.15) is 25.7 Å². The molecule has 1 aliphatic carbocycles. The molecule has 1 aromatic heterocycles. The molecule has 0 bridgehead atoms. The van der Waals surface area contributed by atoms with Gasteiger partial charge < -0.3 is 10.4 Å². The van der Waals surface area contributed by atoms with Crippen LogP contribution in [0.4, 0.5) is 16.2 Å². The van der Waals surface area contributed by atoms with E-state index in [-0.39, 0.29) is 18.4 Å². The highest BCUT2D eigenvalue weighted by atomic mass is 19.1. The first-order valence-corrected chi connectivity index (χ1v) is 6.58. The number of anilines is 2. The zero-order valence-corrected chi connectivity index (χ0v) is 10.8. The molecule has 5 N–H and O–H groups in total. The number of aliphatic hydroxyl groups excluding tert-OH is 1. The number of nitrogens with two attached hydrogens (primary N) is 1. The zero-order chi connectivity index (χ0) is 13.7. The van der Waals surface area contributed by atoms with Gasteiger partial charge in [-0.1, -0.05) is 12.8 Å². The van der Waals surface area contributed by atoms with Gasteiger partial charge in [-0.3, -0.25) is 5.43 Å². The van der Waals surface area contributed by atoms with Crippen molar-refractivity contribution in [3.63, 3.8) is 0 Å². The van der Waals surface area contributed by atoms with Crippen LogP contribution in [0.5, 0.6) is 0 Å². The summed E-state index contributed by atoms with van der Waals surface area (Å²) < 4.78 is 13.5. The van der Waals surface area contributed by atoms with Gasteiger partial charge in [0.25, 0.3) is 0 Å². The standard InChI is InChI=1S/C12H20FN5O/c13-10-6-16-12(18-14)17-11(10)15-5-8-3-1-2-4-9(8)7-19/h6,8-9,19H,1-5,7,14H2,(H2,15,16,17,18). The lowest BCUT2D eigenvalue weighted by molar-refractivity contribution is 0.141. The van der Waals surface area contributed by atoms with Crippen LogP contribution in [0.2, 0.25) is 0 Å². The molecule has 2 atom stereocenters. The molecule has 2 rings (SSSR count). The first-order valence-electron chi connectivity index (χ1n) is 6.58. The van der Waals surface area contributed by atoms with Gasteiger partial charge in [-0.2, -0.15) is 4.98 Å². The van der Waals surface area contributed by atoms with Crippen LogP contribution in [-0.4, -0.2) is 28.2 Å². The number of aromatic nitrogens is 2. The van der Waals surface area contributed by atoms with Crippen molar-refractivity contribution >= 4 is 11.8 Å². The van der Waals surface area contributed by atoms with Crippen molar-refractivity contribution in [1.82, 2.24) is 9.97 Å². The lowest BCUT2D eigenvalue weighted by Crippen LogP contribution is -2.29. The number of nitrogens with zero attached hydrogens (tertiary/aromatic N) is 2. The zero-order valence-electron chi connectivity index (χ0n) is 10.8. The van der Waals surface area contributed by atoms with E-state index in [0.717, 1.165) is 31.9 Å². The summed E-state index contributed by atoms with van der Waals surface area (Å²) in [4.78, 5) is 7.61. The van der Waals surface area contributed by atoms with E-state index in [4.69, 9.17) is 5.84 Å². The largest absolute Gasteiger partial charge is 0.396 e. The molecule has 106 valence electrons. The fraction of sp³-hybridized carbons (Fsp3) is 0.667. The lowest BCUT2D eigenvalue weighted by Gasteiger charge is -2.30. The summed E-state index contributed by atoms with van der Waals surface area (Å²) >= 11 is 0. The summed E-state index contributed by atoms with van der Waals surface area (Å²) in [6.45, 7) is 0.789. The summed E-state index contributed by atoms with van der Waals surface area (Å²) in [5.74, 6) is 5.64. The Morgan fingerprint density at radius 1 is 1.37 bits per heavy atom.